The zero-order valence-electron chi connectivity index (χ0n) is 16.8. The topological polar surface area (TPSA) is 75.7 Å². The average molecular weight is 417 g/mol. The van der Waals surface area contributed by atoms with Gasteiger partial charge in [-0.25, -0.2) is 8.42 Å². The molecule has 1 fully saturated rings. The zero-order valence-corrected chi connectivity index (χ0v) is 17.6. The summed E-state index contributed by atoms with van der Waals surface area (Å²) in [6.45, 7) is 1.62. The molecule has 3 rings (SSSR count). The van der Waals surface area contributed by atoms with E-state index >= 15 is 0 Å². The maximum Gasteiger partial charge on any atom is 0.243 e. The zero-order chi connectivity index (χ0) is 20.7. The summed E-state index contributed by atoms with van der Waals surface area (Å²) < 4.78 is 32.1. The molecule has 1 aliphatic rings. The first-order chi connectivity index (χ1) is 14.0. The first-order valence-electron chi connectivity index (χ1n) is 9.96. The maximum atomic E-state index is 12.7. The number of para-hydroxylation sites is 1. The molecule has 0 bridgehead atoms. The molecule has 1 aliphatic heterocycles. The summed E-state index contributed by atoms with van der Waals surface area (Å²) in [7, 11) is -1.80. The summed E-state index contributed by atoms with van der Waals surface area (Å²) in [4.78, 5) is 12.6. The van der Waals surface area contributed by atoms with Gasteiger partial charge in [0.25, 0.3) is 0 Å². The Bertz CT molecular complexity index is 920. The molecule has 2 aromatic carbocycles. The van der Waals surface area contributed by atoms with Crippen LogP contribution in [-0.4, -0.2) is 38.8 Å². The van der Waals surface area contributed by atoms with Gasteiger partial charge in [0, 0.05) is 37.9 Å². The van der Waals surface area contributed by atoms with Gasteiger partial charge in [0.2, 0.25) is 15.9 Å². The molecule has 0 saturated carbocycles. The van der Waals surface area contributed by atoms with E-state index in [0.717, 1.165) is 36.1 Å². The number of benzene rings is 2. The van der Waals surface area contributed by atoms with Crippen molar-refractivity contribution < 1.29 is 17.9 Å². The lowest BCUT2D eigenvalue weighted by atomic mass is 10.1. The molecule has 0 spiro atoms. The van der Waals surface area contributed by atoms with E-state index in [1.165, 1.54) is 0 Å². The van der Waals surface area contributed by atoms with Crippen molar-refractivity contribution in [2.75, 3.05) is 25.5 Å². The molecule has 1 N–H and O–H groups in total. The SMILES string of the molecule is COCc1ccccc1NC(=O)CCc1ccc(S(=O)(=O)N2CCCCC2)cc1. The van der Waals surface area contributed by atoms with Crippen LogP contribution in [0.1, 0.15) is 36.8 Å². The second kappa shape index (κ2) is 10.0. The highest BCUT2D eigenvalue weighted by molar-refractivity contribution is 7.89. The lowest BCUT2D eigenvalue weighted by Crippen LogP contribution is -2.35. The Labute approximate surface area is 172 Å². The van der Waals surface area contributed by atoms with E-state index in [0.29, 0.717) is 37.4 Å². The van der Waals surface area contributed by atoms with Crippen LogP contribution in [0.5, 0.6) is 0 Å². The number of carbonyl (C=O) groups is 1. The average Bonchev–Trinajstić information content (AvgIpc) is 2.75. The second-order valence-corrected chi connectivity index (χ2v) is 9.18. The number of aryl methyl sites for hydroxylation is 1. The second-order valence-electron chi connectivity index (χ2n) is 7.25. The predicted octanol–water partition coefficient (Wildman–Crippen LogP) is 3.58. The summed E-state index contributed by atoms with van der Waals surface area (Å²) >= 11 is 0. The molecule has 0 unspecified atom stereocenters. The number of rotatable bonds is 8. The van der Waals surface area contributed by atoms with Crippen molar-refractivity contribution in [2.24, 2.45) is 0 Å². The molecule has 1 saturated heterocycles. The van der Waals surface area contributed by atoms with E-state index in [2.05, 4.69) is 5.32 Å². The van der Waals surface area contributed by atoms with Gasteiger partial charge in [-0.2, -0.15) is 4.31 Å². The molecule has 0 atom stereocenters. The number of nitrogens with one attached hydrogen (secondary N) is 1. The van der Waals surface area contributed by atoms with Crippen LogP contribution in [-0.2, 0) is 32.6 Å². The van der Waals surface area contributed by atoms with E-state index in [1.807, 2.05) is 24.3 Å². The van der Waals surface area contributed by atoms with Gasteiger partial charge in [-0.15, -0.1) is 0 Å². The number of piperidine rings is 1. The minimum Gasteiger partial charge on any atom is -0.380 e. The van der Waals surface area contributed by atoms with Crippen LogP contribution >= 0.6 is 0 Å². The van der Waals surface area contributed by atoms with E-state index < -0.39 is 10.0 Å². The smallest absolute Gasteiger partial charge is 0.243 e. The van der Waals surface area contributed by atoms with Gasteiger partial charge in [-0.1, -0.05) is 36.8 Å². The number of ether oxygens (including phenoxy) is 1. The van der Waals surface area contributed by atoms with Crippen LogP contribution in [0.4, 0.5) is 5.69 Å². The highest BCUT2D eigenvalue weighted by Crippen LogP contribution is 2.21. The van der Waals surface area contributed by atoms with E-state index in [-0.39, 0.29) is 5.91 Å². The van der Waals surface area contributed by atoms with Gasteiger partial charge in [-0.05, 0) is 43.0 Å². The van der Waals surface area contributed by atoms with Crippen molar-refractivity contribution in [1.29, 1.82) is 0 Å². The Morgan fingerprint density at radius 3 is 2.41 bits per heavy atom. The van der Waals surface area contributed by atoms with Crippen molar-refractivity contribution in [1.82, 2.24) is 4.31 Å². The number of anilines is 1. The van der Waals surface area contributed by atoms with E-state index in [9.17, 15) is 13.2 Å². The molecule has 2 aromatic rings. The van der Waals surface area contributed by atoms with Crippen LogP contribution in [0.15, 0.2) is 53.4 Å². The number of amides is 1. The molecule has 1 heterocycles. The van der Waals surface area contributed by atoms with Crippen molar-refractivity contribution >= 4 is 21.6 Å². The third-order valence-electron chi connectivity index (χ3n) is 5.11. The summed E-state index contributed by atoms with van der Waals surface area (Å²) in [5.41, 5.74) is 2.61. The van der Waals surface area contributed by atoms with Gasteiger partial charge in [-0.3, -0.25) is 4.79 Å². The fourth-order valence-electron chi connectivity index (χ4n) is 3.48. The quantitative estimate of drug-likeness (QED) is 0.714. The normalized spacial score (nSPS) is 15.2. The third-order valence-corrected chi connectivity index (χ3v) is 7.02. The van der Waals surface area contributed by atoms with Gasteiger partial charge >= 0.3 is 0 Å². The summed E-state index contributed by atoms with van der Waals surface area (Å²) in [5, 5.41) is 2.92. The number of methoxy groups -OCH3 is 1. The Kier molecular flexibility index (Phi) is 7.41. The molecule has 1 amide bonds. The molecule has 7 heteroatoms. The minimum atomic E-state index is -3.42. The summed E-state index contributed by atoms with van der Waals surface area (Å²) in [6, 6.07) is 14.4. The van der Waals surface area contributed by atoms with Crippen molar-refractivity contribution in [3.63, 3.8) is 0 Å². The van der Waals surface area contributed by atoms with Crippen LogP contribution < -0.4 is 5.32 Å². The van der Waals surface area contributed by atoms with Gasteiger partial charge in [0.05, 0.1) is 11.5 Å². The van der Waals surface area contributed by atoms with Gasteiger partial charge in [0.1, 0.15) is 0 Å². The van der Waals surface area contributed by atoms with Crippen LogP contribution in [0.2, 0.25) is 0 Å². The monoisotopic (exact) mass is 416 g/mol. The van der Waals surface area contributed by atoms with Crippen molar-refractivity contribution in [2.45, 2.75) is 43.6 Å². The van der Waals surface area contributed by atoms with Gasteiger partial charge in [0.15, 0.2) is 0 Å². The maximum absolute atomic E-state index is 12.7. The minimum absolute atomic E-state index is 0.0847. The lowest BCUT2D eigenvalue weighted by Gasteiger charge is -2.25. The standard InChI is InChI=1S/C22H28N2O4S/c1-28-17-19-7-3-4-8-21(19)23-22(25)14-11-18-9-12-20(13-10-18)29(26,27)24-15-5-2-6-16-24/h3-4,7-10,12-13H,2,5-6,11,14-17H2,1H3,(H,23,25). The van der Waals surface area contributed by atoms with Crippen molar-refractivity contribution in [3.8, 4) is 0 Å². The number of hydrogen-bond acceptors (Lipinski definition) is 4. The number of carbonyl (C=O) groups excluding carboxylic acids is 1. The highest BCUT2D eigenvalue weighted by atomic mass is 32.2. The molecular formula is C22H28N2O4S. The number of sulfonamides is 1. The molecule has 0 aromatic heterocycles. The molecule has 0 radical (unpaired) electrons. The summed E-state index contributed by atoms with van der Waals surface area (Å²) in [6.07, 6.45) is 3.78. The van der Waals surface area contributed by atoms with Crippen LogP contribution in [0.3, 0.4) is 0 Å². The molecular weight excluding hydrogens is 388 g/mol. The Morgan fingerprint density at radius 1 is 1.03 bits per heavy atom. The molecule has 156 valence electrons. The van der Waals surface area contributed by atoms with Crippen molar-refractivity contribution in [3.05, 3.63) is 59.7 Å². The Morgan fingerprint density at radius 2 is 1.72 bits per heavy atom. The third kappa shape index (κ3) is 5.65. The highest BCUT2D eigenvalue weighted by Gasteiger charge is 2.25. The fraction of sp³-hybridized carbons (Fsp3) is 0.409. The number of nitrogens with zero attached hydrogens (tertiary/aromatic N) is 1. The summed E-state index contributed by atoms with van der Waals surface area (Å²) in [5.74, 6) is -0.0847. The van der Waals surface area contributed by atoms with Crippen LogP contribution in [0, 0.1) is 0 Å². The first-order valence-corrected chi connectivity index (χ1v) is 11.4. The van der Waals surface area contributed by atoms with E-state index in [1.54, 1.807) is 35.7 Å². The van der Waals surface area contributed by atoms with E-state index in [4.69, 9.17) is 4.74 Å². The Hall–Kier alpha value is -2.22. The fourth-order valence-corrected chi connectivity index (χ4v) is 4.99. The largest absolute Gasteiger partial charge is 0.380 e. The van der Waals surface area contributed by atoms with Gasteiger partial charge < -0.3 is 10.1 Å². The lowest BCUT2D eigenvalue weighted by molar-refractivity contribution is -0.116. The Balaban J connectivity index is 1.57. The predicted molar refractivity (Wildman–Crippen MR) is 113 cm³/mol. The molecule has 6 nitrogen and oxygen atoms in total. The first kappa shape index (κ1) is 21.5. The molecule has 29 heavy (non-hydrogen) atoms. The number of hydrogen-bond donors (Lipinski definition) is 1. The molecule has 0 aliphatic carbocycles. The van der Waals surface area contributed by atoms with Crippen LogP contribution in [0.25, 0.3) is 0 Å².